The first-order valence-electron chi connectivity index (χ1n) is 9.70. The van der Waals surface area contributed by atoms with Crippen molar-refractivity contribution in [3.63, 3.8) is 0 Å². The van der Waals surface area contributed by atoms with Gasteiger partial charge in [0.1, 0.15) is 5.82 Å². The Bertz CT molecular complexity index is 1170. The van der Waals surface area contributed by atoms with Crippen molar-refractivity contribution in [3.05, 3.63) is 81.4 Å². The molecule has 1 N–H and O–H groups in total. The van der Waals surface area contributed by atoms with Gasteiger partial charge in [-0.05, 0) is 26.0 Å². The summed E-state index contributed by atoms with van der Waals surface area (Å²) in [6.45, 7) is 4.05. The van der Waals surface area contributed by atoms with Gasteiger partial charge in [-0.15, -0.1) is 10.2 Å². The normalized spacial score (nSPS) is 11.7. The summed E-state index contributed by atoms with van der Waals surface area (Å²) < 4.78 is 15.6. The van der Waals surface area contributed by atoms with Gasteiger partial charge in [0.05, 0.1) is 22.3 Å². The number of hydrogen-bond donors (Lipinski definition) is 1. The number of Topliss-reactive ketones (excluding diaryl/α,β-unsaturated/α-hetero) is 1. The second kappa shape index (κ2) is 10.1. The van der Waals surface area contributed by atoms with Gasteiger partial charge >= 0.3 is 0 Å². The molecule has 0 radical (unpaired) electrons. The highest BCUT2D eigenvalue weighted by atomic mass is 32.2. The Morgan fingerprint density at radius 3 is 2.66 bits per heavy atom. The van der Waals surface area contributed by atoms with E-state index in [1.807, 2.05) is 6.92 Å². The molecule has 9 nitrogen and oxygen atoms in total. The highest BCUT2D eigenvalue weighted by molar-refractivity contribution is 7.99. The minimum Gasteiger partial charge on any atom is -0.342 e. The van der Waals surface area contributed by atoms with Crippen molar-refractivity contribution in [1.82, 2.24) is 20.1 Å². The Hall–Kier alpha value is -3.60. The average Bonchev–Trinajstić information content (AvgIpc) is 3.20. The summed E-state index contributed by atoms with van der Waals surface area (Å²) in [5.74, 6) is -1.01. The van der Waals surface area contributed by atoms with Gasteiger partial charge in [-0.1, -0.05) is 36.0 Å². The van der Waals surface area contributed by atoms with Gasteiger partial charge in [0, 0.05) is 24.2 Å². The molecule has 0 aliphatic rings. The van der Waals surface area contributed by atoms with Gasteiger partial charge in [0.2, 0.25) is 0 Å². The summed E-state index contributed by atoms with van der Waals surface area (Å²) >= 11 is 1.14. The molecule has 166 valence electrons. The summed E-state index contributed by atoms with van der Waals surface area (Å²) in [5, 5.41) is 22.3. The predicted octanol–water partition coefficient (Wildman–Crippen LogP) is 3.81. The van der Waals surface area contributed by atoms with Crippen molar-refractivity contribution < 1.29 is 18.9 Å². The fourth-order valence-electron chi connectivity index (χ4n) is 3.02. The molecule has 0 spiro atoms. The van der Waals surface area contributed by atoms with E-state index in [0.29, 0.717) is 17.5 Å². The van der Waals surface area contributed by atoms with Crippen molar-refractivity contribution in [2.24, 2.45) is 0 Å². The quantitative estimate of drug-likeness (QED) is 0.224. The Morgan fingerprint density at radius 1 is 1.22 bits per heavy atom. The van der Waals surface area contributed by atoms with Crippen LogP contribution >= 0.6 is 11.8 Å². The van der Waals surface area contributed by atoms with Crippen LogP contribution in [0.2, 0.25) is 0 Å². The number of carbonyl (C=O) groups excluding carboxylic acids is 2. The van der Waals surface area contributed by atoms with E-state index in [0.717, 1.165) is 11.8 Å². The van der Waals surface area contributed by atoms with E-state index in [2.05, 4.69) is 15.5 Å². The first-order valence-corrected chi connectivity index (χ1v) is 10.7. The second-order valence-electron chi connectivity index (χ2n) is 6.78. The van der Waals surface area contributed by atoms with Crippen LogP contribution in [0.25, 0.3) is 0 Å². The fraction of sp³-hybridized carbons (Fsp3) is 0.238. The van der Waals surface area contributed by atoms with E-state index in [4.69, 9.17) is 0 Å². The molecule has 0 saturated heterocycles. The molecule has 0 aliphatic heterocycles. The summed E-state index contributed by atoms with van der Waals surface area (Å²) in [5.41, 5.74) is 0.0124. The SMILES string of the molecule is CCn1c(SCC(=O)c2cccc([N+](=O)[O-])c2)nnc1C(C)NC(=O)c1ccccc1F. The van der Waals surface area contributed by atoms with Crippen LogP contribution < -0.4 is 5.32 Å². The lowest BCUT2D eigenvalue weighted by molar-refractivity contribution is -0.384. The van der Waals surface area contributed by atoms with E-state index in [1.165, 1.54) is 42.5 Å². The summed E-state index contributed by atoms with van der Waals surface area (Å²) in [7, 11) is 0. The monoisotopic (exact) mass is 457 g/mol. The molecular weight excluding hydrogens is 437 g/mol. The first-order chi connectivity index (χ1) is 15.3. The summed E-state index contributed by atoms with van der Waals surface area (Å²) in [6.07, 6.45) is 0. The Kier molecular flexibility index (Phi) is 7.31. The van der Waals surface area contributed by atoms with Gasteiger partial charge in [-0.2, -0.15) is 0 Å². The van der Waals surface area contributed by atoms with Gasteiger partial charge in [-0.25, -0.2) is 4.39 Å². The molecule has 1 amide bonds. The molecule has 0 saturated carbocycles. The minimum absolute atomic E-state index is 0.00919. The van der Waals surface area contributed by atoms with E-state index in [9.17, 15) is 24.1 Å². The van der Waals surface area contributed by atoms with E-state index in [1.54, 1.807) is 17.6 Å². The molecule has 1 heterocycles. The van der Waals surface area contributed by atoms with Gasteiger partial charge in [0.25, 0.3) is 11.6 Å². The van der Waals surface area contributed by atoms with Crippen molar-refractivity contribution in [1.29, 1.82) is 0 Å². The maximum atomic E-state index is 13.9. The number of hydrogen-bond acceptors (Lipinski definition) is 7. The van der Waals surface area contributed by atoms with Gasteiger partial charge in [0.15, 0.2) is 16.8 Å². The van der Waals surface area contributed by atoms with Crippen molar-refractivity contribution in [2.75, 3.05) is 5.75 Å². The number of thioether (sulfide) groups is 1. The number of carbonyl (C=O) groups is 2. The number of halogens is 1. The number of rotatable bonds is 9. The molecule has 32 heavy (non-hydrogen) atoms. The third kappa shape index (κ3) is 5.17. The molecule has 0 fully saturated rings. The Morgan fingerprint density at radius 2 is 1.97 bits per heavy atom. The zero-order chi connectivity index (χ0) is 23.3. The highest BCUT2D eigenvalue weighted by Gasteiger charge is 2.21. The number of amides is 1. The second-order valence-corrected chi connectivity index (χ2v) is 7.72. The van der Waals surface area contributed by atoms with Gasteiger partial charge in [-0.3, -0.25) is 19.7 Å². The third-order valence-corrected chi connectivity index (χ3v) is 5.59. The van der Waals surface area contributed by atoms with Crippen LogP contribution in [0.1, 0.15) is 46.4 Å². The molecule has 3 aromatic rings. The topological polar surface area (TPSA) is 120 Å². The van der Waals surface area contributed by atoms with Crippen molar-refractivity contribution in [2.45, 2.75) is 31.6 Å². The number of benzene rings is 2. The molecular formula is C21H20FN5O4S. The van der Waals surface area contributed by atoms with E-state index in [-0.39, 0.29) is 28.4 Å². The van der Waals surface area contributed by atoms with Crippen LogP contribution in [0, 0.1) is 15.9 Å². The number of nitro groups is 1. The molecule has 11 heteroatoms. The molecule has 1 aromatic heterocycles. The van der Waals surface area contributed by atoms with E-state index < -0.39 is 22.7 Å². The zero-order valence-corrected chi connectivity index (χ0v) is 18.1. The number of nitrogens with zero attached hydrogens (tertiary/aromatic N) is 4. The smallest absolute Gasteiger partial charge is 0.270 e. The van der Waals surface area contributed by atoms with Crippen molar-refractivity contribution >= 4 is 29.1 Å². The largest absolute Gasteiger partial charge is 0.342 e. The summed E-state index contributed by atoms with van der Waals surface area (Å²) in [6, 6.07) is 10.7. The number of nitrogens with one attached hydrogen (secondary N) is 1. The lowest BCUT2D eigenvalue weighted by Gasteiger charge is -2.15. The van der Waals surface area contributed by atoms with Gasteiger partial charge < -0.3 is 9.88 Å². The van der Waals surface area contributed by atoms with Crippen LogP contribution in [-0.2, 0) is 6.54 Å². The molecule has 1 unspecified atom stereocenters. The highest BCUT2D eigenvalue weighted by Crippen LogP contribution is 2.23. The van der Waals surface area contributed by atoms with Crippen LogP contribution in [-0.4, -0.2) is 37.1 Å². The number of non-ortho nitro benzene ring substituents is 1. The predicted molar refractivity (Wildman–Crippen MR) is 116 cm³/mol. The van der Waals surface area contributed by atoms with Crippen molar-refractivity contribution in [3.8, 4) is 0 Å². The standard InChI is InChI=1S/C21H20FN5O4S/c1-3-26-19(13(2)23-20(29)16-9-4-5-10-17(16)22)24-25-21(26)32-12-18(28)14-7-6-8-15(11-14)27(30)31/h4-11,13H,3,12H2,1-2H3,(H,23,29). The molecule has 2 aromatic carbocycles. The zero-order valence-electron chi connectivity index (χ0n) is 17.3. The molecule has 1 atom stereocenters. The lowest BCUT2D eigenvalue weighted by atomic mass is 10.1. The summed E-state index contributed by atoms with van der Waals surface area (Å²) in [4.78, 5) is 35.2. The third-order valence-electron chi connectivity index (χ3n) is 4.63. The maximum absolute atomic E-state index is 13.9. The Labute approximate surface area is 187 Å². The maximum Gasteiger partial charge on any atom is 0.270 e. The number of ketones is 1. The number of nitro benzene ring substituents is 1. The van der Waals surface area contributed by atoms with Crippen LogP contribution in [0.4, 0.5) is 10.1 Å². The van der Waals surface area contributed by atoms with E-state index >= 15 is 0 Å². The van der Waals surface area contributed by atoms with Crippen LogP contribution in [0.3, 0.4) is 0 Å². The first kappa shape index (κ1) is 23.1. The lowest BCUT2D eigenvalue weighted by Crippen LogP contribution is -2.29. The average molecular weight is 457 g/mol. The fourth-order valence-corrected chi connectivity index (χ4v) is 3.92. The molecule has 0 bridgehead atoms. The van der Waals surface area contributed by atoms with Crippen LogP contribution in [0.5, 0.6) is 0 Å². The Balaban J connectivity index is 1.70. The minimum atomic E-state index is -0.620. The van der Waals surface area contributed by atoms with Crippen LogP contribution in [0.15, 0.2) is 53.7 Å². The molecule has 3 rings (SSSR count). The number of aromatic nitrogens is 3. The molecule has 0 aliphatic carbocycles.